The van der Waals surface area contributed by atoms with Crippen LogP contribution in [0, 0.1) is 6.92 Å². The third kappa shape index (κ3) is 5.36. The van der Waals surface area contributed by atoms with Gasteiger partial charge in [-0.25, -0.2) is 28.9 Å². The lowest BCUT2D eigenvalue weighted by molar-refractivity contribution is 0.0690. The minimum absolute atomic E-state index is 0.0799. The molecule has 0 bridgehead atoms. The van der Waals surface area contributed by atoms with Gasteiger partial charge < -0.3 is 15.2 Å². The molecule has 0 radical (unpaired) electrons. The largest absolute Gasteiger partial charge is 0.476 e. The van der Waals surface area contributed by atoms with Gasteiger partial charge >= 0.3 is 17.3 Å². The highest BCUT2D eigenvalue weighted by Crippen LogP contribution is 2.27. The summed E-state index contributed by atoms with van der Waals surface area (Å²) in [6.45, 7) is 1.96. The van der Waals surface area contributed by atoms with Crippen LogP contribution in [0.3, 0.4) is 0 Å². The van der Waals surface area contributed by atoms with Crippen LogP contribution in [0.2, 0.25) is 5.02 Å². The minimum Gasteiger partial charge on any atom is -0.476 e. The number of hydrogen-bond acceptors (Lipinski definition) is 8. The molecular formula is C23H19ClN6O5. The van der Waals surface area contributed by atoms with Crippen molar-refractivity contribution < 1.29 is 14.6 Å². The van der Waals surface area contributed by atoms with E-state index in [1.54, 1.807) is 49.4 Å². The highest BCUT2D eigenvalue weighted by molar-refractivity contribution is 6.30. The predicted molar refractivity (Wildman–Crippen MR) is 128 cm³/mol. The molecule has 0 aliphatic heterocycles. The van der Waals surface area contributed by atoms with Crippen LogP contribution in [0.1, 0.15) is 21.6 Å². The van der Waals surface area contributed by atoms with Gasteiger partial charge in [-0.1, -0.05) is 23.7 Å². The van der Waals surface area contributed by atoms with Crippen LogP contribution < -0.4 is 21.4 Å². The van der Waals surface area contributed by atoms with E-state index in [1.165, 1.54) is 17.8 Å². The van der Waals surface area contributed by atoms with Crippen molar-refractivity contribution in [1.29, 1.82) is 0 Å². The molecule has 0 saturated carbocycles. The Kier molecular flexibility index (Phi) is 6.60. The Labute approximate surface area is 203 Å². The standard InChI is InChI=1S/C23H19ClN6O5/c1-13-9-16(7-8-18(13)35-19-11-25-17(10-26-19)20(31)32)27-21-28-22(33)29(2)23(34)30(21)12-14-3-5-15(24)6-4-14/h3-11H,12H2,1-2H3,(H,31,32)(H,27,28,33). The monoisotopic (exact) mass is 494 g/mol. The first-order chi connectivity index (χ1) is 16.7. The minimum atomic E-state index is -1.19. The van der Waals surface area contributed by atoms with Crippen LogP contribution in [0.25, 0.3) is 0 Å². The van der Waals surface area contributed by atoms with Crippen molar-refractivity contribution in [3.05, 3.63) is 97.7 Å². The molecule has 2 N–H and O–H groups in total. The first-order valence-corrected chi connectivity index (χ1v) is 10.6. The second-order valence-corrected chi connectivity index (χ2v) is 7.96. The highest BCUT2D eigenvalue weighted by atomic mass is 35.5. The molecule has 35 heavy (non-hydrogen) atoms. The Bertz CT molecular complexity index is 1510. The van der Waals surface area contributed by atoms with Crippen molar-refractivity contribution in [3.63, 3.8) is 0 Å². The fourth-order valence-electron chi connectivity index (χ4n) is 3.15. The summed E-state index contributed by atoms with van der Waals surface area (Å²) in [5, 5.41) is 12.5. The van der Waals surface area contributed by atoms with E-state index in [-0.39, 0.29) is 24.1 Å². The lowest BCUT2D eigenvalue weighted by atomic mass is 10.2. The number of aromatic carboxylic acids is 1. The van der Waals surface area contributed by atoms with Gasteiger partial charge in [-0.2, -0.15) is 4.98 Å². The average Bonchev–Trinajstić information content (AvgIpc) is 2.83. The number of nitrogens with zero attached hydrogens (tertiary/aromatic N) is 5. The number of halogens is 1. The predicted octanol–water partition coefficient (Wildman–Crippen LogP) is 2.98. The fraction of sp³-hybridized carbons (Fsp3) is 0.130. The van der Waals surface area contributed by atoms with E-state index in [1.807, 2.05) is 0 Å². The molecule has 2 heterocycles. The van der Waals surface area contributed by atoms with Gasteiger partial charge in [0, 0.05) is 17.8 Å². The Morgan fingerprint density at radius 1 is 1.11 bits per heavy atom. The van der Waals surface area contributed by atoms with Gasteiger partial charge in [-0.15, -0.1) is 0 Å². The van der Waals surface area contributed by atoms with Crippen LogP contribution in [0.15, 0.2) is 64.4 Å². The van der Waals surface area contributed by atoms with E-state index in [0.717, 1.165) is 16.3 Å². The molecule has 0 atom stereocenters. The second-order valence-electron chi connectivity index (χ2n) is 7.52. The van der Waals surface area contributed by atoms with Crippen molar-refractivity contribution in [2.75, 3.05) is 5.32 Å². The molecule has 0 fully saturated rings. The molecule has 0 amide bonds. The van der Waals surface area contributed by atoms with E-state index < -0.39 is 17.3 Å². The molecule has 0 unspecified atom stereocenters. The lowest BCUT2D eigenvalue weighted by Gasteiger charge is -2.15. The number of carboxylic acid groups (broad SMARTS) is 1. The topological polar surface area (TPSA) is 141 Å². The number of rotatable bonds is 7. The van der Waals surface area contributed by atoms with Crippen molar-refractivity contribution in [3.8, 4) is 11.6 Å². The molecule has 11 nitrogen and oxygen atoms in total. The van der Waals surface area contributed by atoms with Gasteiger partial charge in [0.2, 0.25) is 11.8 Å². The summed E-state index contributed by atoms with van der Waals surface area (Å²) in [5.41, 5.74) is 0.656. The van der Waals surface area contributed by atoms with Crippen molar-refractivity contribution in [1.82, 2.24) is 24.1 Å². The SMILES string of the molecule is Cc1cc(Nc2nc(=O)n(C)c(=O)n2Cc2ccc(Cl)cc2)ccc1Oc1cnc(C(=O)O)cn1. The third-order valence-electron chi connectivity index (χ3n) is 5.01. The van der Waals surface area contributed by atoms with Crippen LogP contribution in [0.5, 0.6) is 11.6 Å². The van der Waals surface area contributed by atoms with E-state index >= 15 is 0 Å². The molecule has 0 aliphatic carbocycles. The van der Waals surface area contributed by atoms with E-state index in [9.17, 15) is 14.4 Å². The van der Waals surface area contributed by atoms with Crippen LogP contribution >= 0.6 is 11.6 Å². The van der Waals surface area contributed by atoms with Gasteiger partial charge in [0.1, 0.15) is 5.75 Å². The van der Waals surface area contributed by atoms with E-state index in [4.69, 9.17) is 21.4 Å². The summed E-state index contributed by atoms with van der Waals surface area (Å²) >= 11 is 5.95. The normalized spacial score (nSPS) is 10.7. The summed E-state index contributed by atoms with van der Waals surface area (Å²) in [6, 6.07) is 12.1. The number of anilines is 2. The first kappa shape index (κ1) is 23.6. The fourth-order valence-corrected chi connectivity index (χ4v) is 3.28. The number of aromatic nitrogens is 5. The maximum atomic E-state index is 12.8. The molecule has 4 rings (SSSR count). The third-order valence-corrected chi connectivity index (χ3v) is 5.26. The summed E-state index contributed by atoms with van der Waals surface area (Å²) in [6.07, 6.45) is 2.32. The Morgan fingerprint density at radius 2 is 1.86 bits per heavy atom. The van der Waals surface area contributed by atoms with Crippen molar-refractivity contribution in [2.24, 2.45) is 7.05 Å². The molecule has 2 aromatic heterocycles. The zero-order valence-electron chi connectivity index (χ0n) is 18.6. The summed E-state index contributed by atoms with van der Waals surface area (Å²) < 4.78 is 7.97. The number of aryl methyl sites for hydroxylation is 1. The zero-order chi connectivity index (χ0) is 25.1. The van der Waals surface area contributed by atoms with Gasteiger partial charge in [-0.05, 0) is 48.4 Å². The number of ether oxygens (including phenoxy) is 1. The molecule has 0 aliphatic rings. The van der Waals surface area contributed by atoms with E-state index in [2.05, 4.69) is 20.3 Å². The molecule has 178 valence electrons. The smallest absolute Gasteiger partial charge is 0.356 e. The first-order valence-electron chi connectivity index (χ1n) is 10.2. The molecule has 0 saturated heterocycles. The summed E-state index contributed by atoms with van der Waals surface area (Å²) in [5.74, 6) is -0.516. The Morgan fingerprint density at radius 3 is 2.49 bits per heavy atom. The number of carboxylic acids is 1. The molecule has 2 aromatic carbocycles. The molecule has 0 spiro atoms. The molecular weight excluding hydrogens is 476 g/mol. The summed E-state index contributed by atoms with van der Waals surface area (Å²) in [7, 11) is 1.36. The Hall–Kier alpha value is -4.51. The number of nitrogens with one attached hydrogen (secondary N) is 1. The number of hydrogen-bond donors (Lipinski definition) is 2. The van der Waals surface area contributed by atoms with Crippen LogP contribution in [-0.2, 0) is 13.6 Å². The van der Waals surface area contributed by atoms with Crippen molar-refractivity contribution in [2.45, 2.75) is 13.5 Å². The average molecular weight is 495 g/mol. The van der Waals surface area contributed by atoms with Gasteiger partial charge in [0.25, 0.3) is 0 Å². The maximum absolute atomic E-state index is 12.8. The van der Waals surface area contributed by atoms with Crippen LogP contribution in [0.4, 0.5) is 11.6 Å². The van der Waals surface area contributed by atoms with Gasteiger partial charge in [0.05, 0.1) is 18.9 Å². The molecule has 4 aromatic rings. The quantitative estimate of drug-likeness (QED) is 0.396. The number of carbonyl (C=O) groups is 1. The van der Waals surface area contributed by atoms with Gasteiger partial charge in [0.15, 0.2) is 5.69 Å². The van der Waals surface area contributed by atoms with Gasteiger partial charge in [-0.3, -0.25) is 4.57 Å². The van der Waals surface area contributed by atoms with Crippen molar-refractivity contribution >= 4 is 29.2 Å². The Balaban J connectivity index is 1.60. The zero-order valence-corrected chi connectivity index (χ0v) is 19.4. The summed E-state index contributed by atoms with van der Waals surface area (Å²) in [4.78, 5) is 47.7. The second kappa shape index (κ2) is 9.77. The van der Waals surface area contributed by atoms with Crippen LogP contribution in [-0.4, -0.2) is 35.2 Å². The highest BCUT2D eigenvalue weighted by Gasteiger charge is 2.13. The lowest BCUT2D eigenvalue weighted by Crippen LogP contribution is -2.41. The maximum Gasteiger partial charge on any atom is 0.356 e. The number of benzene rings is 2. The van der Waals surface area contributed by atoms with E-state index in [0.29, 0.717) is 22.0 Å². The molecule has 12 heteroatoms.